The van der Waals surface area contributed by atoms with E-state index in [0.717, 1.165) is 42.4 Å². The molecule has 4 rings (SSSR count). The molecule has 1 aromatic heterocycles. The maximum Gasteiger partial charge on any atom is 0.258 e. The van der Waals surface area contributed by atoms with Crippen molar-refractivity contribution in [1.29, 1.82) is 0 Å². The highest BCUT2D eigenvalue weighted by atomic mass is 79.9. The van der Waals surface area contributed by atoms with Gasteiger partial charge in [-0.1, -0.05) is 47.3 Å². The lowest BCUT2D eigenvalue weighted by atomic mass is 9.93. The minimum Gasteiger partial charge on any atom is -0.497 e. The summed E-state index contributed by atoms with van der Waals surface area (Å²) in [6.45, 7) is 1.34. The SMILES string of the molecule is COc1ccc(C(=O)N(Cc2cccn2Cc2ccc(Br)cc2)C2CCCCC2)c(OC)c1. The molecule has 0 saturated heterocycles. The molecule has 1 saturated carbocycles. The van der Waals surface area contributed by atoms with Gasteiger partial charge in [-0.3, -0.25) is 4.79 Å². The summed E-state index contributed by atoms with van der Waals surface area (Å²) in [5, 5.41) is 0. The van der Waals surface area contributed by atoms with E-state index in [1.54, 1.807) is 20.3 Å². The Kier molecular flexibility index (Phi) is 7.76. The molecule has 5 nitrogen and oxygen atoms in total. The summed E-state index contributed by atoms with van der Waals surface area (Å²) in [4.78, 5) is 15.9. The Balaban J connectivity index is 1.62. The number of hydrogen-bond acceptors (Lipinski definition) is 3. The topological polar surface area (TPSA) is 43.7 Å². The minimum atomic E-state index is 0.0118. The van der Waals surface area contributed by atoms with Gasteiger partial charge in [-0.25, -0.2) is 0 Å². The molecule has 1 amide bonds. The number of amides is 1. The predicted octanol–water partition coefficient (Wildman–Crippen LogP) is 6.29. The van der Waals surface area contributed by atoms with Crippen LogP contribution in [0, 0.1) is 0 Å². The van der Waals surface area contributed by atoms with Crippen molar-refractivity contribution in [2.75, 3.05) is 14.2 Å². The molecule has 0 atom stereocenters. The van der Waals surface area contributed by atoms with Gasteiger partial charge in [-0.05, 0) is 54.8 Å². The standard InChI is InChI=1S/C27H31BrN2O3/c1-32-24-14-15-25(26(17-24)33-2)27(31)30(22-7-4-3-5-8-22)19-23-9-6-16-29(23)18-20-10-12-21(28)13-11-20/h6,9-17,22H,3-5,7-8,18-19H2,1-2H3. The average molecular weight is 511 g/mol. The lowest BCUT2D eigenvalue weighted by Gasteiger charge is -2.35. The van der Waals surface area contributed by atoms with Crippen LogP contribution in [0.25, 0.3) is 0 Å². The number of halogens is 1. The van der Waals surface area contributed by atoms with E-state index in [0.29, 0.717) is 23.6 Å². The van der Waals surface area contributed by atoms with E-state index in [2.05, 4.69) is 68.0 Å². The van der Waals surface area contributed by atoms with Gasteiger partial charge in [0.25, 0.3) is 5.91 Å². The Morgan fingerprint density at radius 3 is 2.48 bits per heavy atom. The van der Waals surface area contributed by atoms with Gasteiger partial charge in [0, 0.05) is 35.0 Å². The molecule has 3 aromatic rings. The maximum atomic E-state index is 13.8. The average Bonchev–Trinajstić information content (AvgIpc) is 3.30. The number of nitrogens with zero attached hydrogens (tertiary/aromatic N) is 2. The molecule has 0 spiro atoms. The fourth-order valence-electron chi connectivity index (χ4n) is 4.60. The molecule has 1 aliphatic carbocycles. The van der Waals surface area contributed by atoms with Crippen LogP contribution in [0.3, 0.4) is 0 Å². The molecular formula is C27H31BrN2O3. The van der Waals surface area contributed by atoms with Gasteiger partial charge in [0.1, 0.15) is 11.5 Å². The van der Waals surface area contributed by atoms with Gasteiger partial charge in [-0.2, -0.15) is 0 Å². The van der Waals surface area contributed by atoms with Crippen molar-refractivity contribution in [3.05, 3.63) is 82.1 Å². The van der Waals surface area contributed by atoms with E-state index in [1.807, 2.05) is 12.1 Å². The van der Waals surface area contributed by atoms with Gasteiger partial charge < -0.3 is 18.9 Å². The van der Waals surface area contributed by atoms with E-state index < -0.39 is 0 Å². The van der Waals surface area contributed by atoms with E-state index in [4.69, 9.17) is 9.47 Å². The summed E-state index contributed by atoms with van der Waals surface area (Å²) in [7, 11) is 3.21. The largest absolute Gasteiger partial charge is 0.497 e. The summed E-state index contributed by atoms with van der Waals surface area (Å²) in [5.41, 5.74) is 2.93. The van der Waals surface area contributed by atoms with Gasteiger partial charge >= 0.3 is 0 Å². The van der Waals surface area contributed by atoms with Crippen LogP contribution >= 0.6 is 15.9 Å². The van der Waals surface area contributed by atoms with Crippen LogP contribution in [-0.4, -0.2) is 35.6 Å². The first-order chi connectivity index (χ1) is 16.1. The molecule has 1 aliphatic rings. The van der Waals surface area contributed by atoms with Crippen LogP contribution < -0.4 is 9.47 Å². The molecular weight excluding hydrogens is 480 g/mol. The molecule has 1 heterocycles. The predicted molar refractivity (Wildman–Crippen MR) is 134 cm³/mol. The van der Waals surface area contributed by atoms with E-state index in [9.17, 15) is 4.79 Å². The molecule has 6 heteroatoms. The molecule has 0 aliphatic heterocycles. The van der Waals surface area contributed by atoms with Gasteiger partial charge in [-0.15, -0.1) is 0 Å². The van der Waals surface area contributed by atoms with Crippen molar-refractivity contribution in [1.82, 2.24) is 9.47 Å². The third-order valence-corrected chi connectivity index (χ3v) is 6.97. The molecule has 174 valence electrons. The van der Waals surface area contributed by atoms with Gasteiger partial charge in [0.15, 0.2) is 0 Å². The first-order valence-corrected chi connectivity index (χ1v) is 12.3. The molecule has 0 bridgehead atoms. The Morgan fingerprint density at radius 2 is 1.79 bits per heavy atom. The lowest BCUT2D eigenvalue weighted by molar-refractivity contribution is 0.0605. The van der Waals surface area contributed by atoms with E-state index >= 15 is 0 Å². The van der Waals surface area contributed by atoms with Crippen molar-refractivity contribution in [2.45, 2.75) is 51.2 Å². The first kappa shape index (κ1) is 23.4. The maximum absolute atomic E-state index is 13.8. The van der Waals surface area contributed by atoms with Crippen molar-refractivity contribution >= 4 is 21.8 Å². The second kappa shape index (κ2) is 10.9. The van der Waals surface area contributed by atoms with Crippen LogP contribution in [0.15, 0.2) is 65.3 Å². The molecule has 0 unspecified atom stereocenters. The van der Waals surface area contributed by atoms with Crippen LogP contribution in [0.4, 0.5) is 0 Å². The van der Waals surface area contributed by atoms with Crippen LogP contribution in [-0.2, 0) is 13.1 Å². The Morgan fingerprint density at radius 1 is 1.03 bits per heavy atom. The second-order valence-electron chi connectivity index (χ2n) is 8.54. The van der Waals surface area contributed by atoms with Gasteiger partial charge in [0.2, 0.25) is 0 Å². The number of carbonyl (C=O) groups excluding carboxylic acids is 1. The Bertz CT molecular complexity index is 1070. The molecule has 1 fully saturated rings. The third kappa shape index (κ3) is 5.61. The van der Waals surface area contributed by atoms with Crippen LogP contribution in [0.5, 0.6) is 11.5 Å². The fraction of sp³-hybridized carbons (Fsp3) is 0.370. The van der Waals surface area contributed by atoms with Crippen LogP contribution in [0.1, 0.15) is 53.7 Å². The number of methoxy groups -OCH3 is 2. The first-order valence-electron chi connectivity index (χ1n) is 11.5. The zero-order valence-corrected chi connectivity index (χ0v) is 20.9. The van der Waals surface area contributed by atoms with Gasteiger partial charge in [0.05, 0.1) is 26.3 Å². The highest BCUT2D eigenvalue weighted by Gasteiger charge is 2.29. The summed E-state index contributed by atoms with van der Waals surface area (Å²) >= 11 is 3.50. The lowest BCUT2D eigenvalue weighted by Crippen LogP contribution is -2.41. The Labute approximate surface area is 204 Å². The molecule has 0 radical (unpaired) electrons. The normalized spacial score (nSPS) is 14.2. The van der Waals surface area contributed by atoms with E-state index in [1.165, 1.54) is 12.0 Å². The fourth-order valence-corrected chi connectivity index (χ4v) is 4.86. The number of benzene rings is 2. The summed E-state index contributed by atoms with van der Waals surface area (Å²) in [6.07, 6.45) is 7.73. The molecule has 0 N–H and O–H groups in total. The van der Waals surface area contributed by atoms with Crippen LogP contribution in [0.2, 0.25) is 0 Å². The molecule has 2 aromatic carbocycles. The Hall–Kier alpha value is -2.73. The summed E-state index contributed by atoms with van der Waals surface area (Å²) in [6, 6.07) is 18.2. The zero-order chi connectivity index (χ0) is 23.2. The summed E-state index contributed by atoms with van der Waals surface area (Å²) < 4.78 is 14.2. The number of carbonyl (C=O) groups is 1. The monoisotopic (exact) mass is 510 g/mol. The number of rotatable bonds is 8. The third-order valence-electron chi connectivity index (χ3n) is 6.44. The smallest absolute Gasteiger partial charge is 0.258 e. The summed E-state index contributed by atoms with van der Waals surface area (Å²) in [5.74, 6) is 1.24. The number of ether oxygens (including phenoxy) is 2. The highest BCUT2D eigenvalue weighted by molar-refractivity contribution is 9.10. The number of aromatic nitrogens is 1. The van der Waals surface area contributed by atoms with E-state index in [-0.39, 0.29) is 11.9 Å². The van der Waals surface area contributed by atoms with Crippen molar-refractivity contribution in [3.63, 3.8) is 0 Å². The van der Waals surface area contributed by atoms with Crippen molar-refractivity contribution in [3.8, 4) is 11.5 Å². The molecule has 33 heavy (non-hydrogen) atoms. The zero-order valence-electron chi connectivity index (χ0n) is 19.3. The number of hydrogen-bond donors (Lipinski definition) is 0. The minimum absolute atomic E-state index is 0.0118. The quantitative estimate of drug-likeness (QED) is 0.357. The second-order valence-corrected chi connectivity index (χ2v) is 9.46. The highest BCUT2D eigenvalue weighted by Crippen LogP contribution is 2.30. The van der Waals surface area contributed by atoms with Crippen molar-refractivity contribution in [2.24, 2.45) is 0 Å². The van der Waals surface area contributed by atoms with Crippen molar-refractivity contribution < 1.29 is 14.3 Å².